The summed E-state index contributed by atoms with van der Waals surface area (Å²) in [4.78, 5) is 22.8. The Bertz CT molecular complexity index is 186. The second-order valence-electron chi connectivity index (χ2n) is 2.74. The fourth-order valence-corrected chi connectivity index (χ4v) is 1.11. The molecule has 0 spiro atoms. The van der Waals surface area contributed by atoms with Crippen LogP contribution in [0, 0.1) is 0 Å². The first-order chi connectivity index (χ1) is 5.17. The molecule has 1 aliphatic rings. The zero-order chi connectivity index (χ0) is 8.48. The highest BCUT2D eigenvalue weighted by molar-refractivity contribution is 5.86. The number of nitrogens with zero attached hydrogens (tertiary/aromatic N) is 1. The van der Waals surface area contributed by atoms with E-state index >= 15 is 0 Å². The summed E-state index contributed by atoms with van der Waals surface area (Å²) in [6.45, 7) is 0. The molecule has 4 heteroatoms. The van der Waals surface area contributed by atoms with Crippen molar-refractivity contribution in [2.75, 3.05) is 14.2 Å². The van der Waals surface area contributed by atoms with Crippen LogP contribution in [-0.2, 0) is 14.3 Å². The van der Waals surface area contributed by atoms with Crippen molar-refractivity contribution in [2.45, 2.75) is 18.4 Å². The van der Waals surface area contributed by atoms with E-state index in [0.717, 1.165) is 12.8 Å². The Morgan fingerprint density at radius 2 is 2.18 bits per heavy atom. The molecule has 0 aromatic heterocycles. The molecule has 4 nitrogen and oxygen atoms in total. The molecule has 0 saturated heterocycles. The third-order valence-corrected chi connectivity index (χ3v) is 2.12. The van der Waals surface area contributed by atoms with Crippen molar-refractivity contribution in [3.8, 4) is 0 Å². The molecular weight excluding hydrogens is 146 g/mol. The molecule has 0 atom stereocenters. The van der Waals surface area contributed by atoms with Crippen LogP contribution in [0.3, 0.4) is 0 Å². The largest absolute Gasteiger partial charge is 0.467 e. The predicted molar refractivity (Wildman–Crippen MR) is 37.8 cm³/mol. The Hall–Kier alpha value is -1.06. The molecule has 0 aromatic rings. The van der Waals surface area contributed by atoms with Gasteiger partial charge in [-0.1, -0.05) is 0 Å². The lowest BCUT2D eigenvalue weighted by Crippen LogP contribution is -2.40. The lowest BCUT2D eigenvalue weighted by molar-refractivity contribution is -0.150. The Kier molecular flexibility index (Phi) is 1.85. The number of ether oxygens (including phenoxy) is 1. The quantitative estimate of drug-likeness (QED) is 0.420. The van der Waals surface area contributed by atoms with E-state index < -0.39 is 5.54 Å². The molecular formula is C7H11NO3. The van der Waals surface area contributed by atoms with Gasteiger partial charge in [-0.3, -0.25) is 4.79 Å². The van der Waals surface area contributed by atoms with Gasteiger partial charge in [0.1, 0.15) is 5.54 Å². The monoisotopic (exact) mass is 157 g/mol. The summed E-state index contributed by atoms with van der Waals surface area (Å²) < 4.78 is 4.56. The number of hydrogen-bond donors (Lipinski definition) is 0. The van der Waals surface area contributed by atoms with E-state index in [4.69, 9.17) is 0 Å². The van der Waals surface area contributed by atoms with Crippen LogP contribution in [0.4, 0.5) is 0 Å². The van der Waals surface area contributed by atoms with E-state index in [2.05, 4.69) is 4.74 Å². The highest BCUT2D eigenvalue weighted by atomic mass is 16.5. The van der Waals surface area contributed by atoms with Crippen LogP contribution in [0.5, 0.6) is 0 Å². The van der Waals surface area contributed by atoms with Gasteiger partial charge < -0.3 is 9.64 Å². The van der Waals surface area contributed by atoms with Gasteiger partial charge in [0.2, 0.25) is 6.41 Å². The van der Waals surface area contributed by atoms with E-state index in [1.807, 2.05) is 0 Å². The van der Waals surface area contributed by atoms with Gasteiger partial charge in [-0.05, 0) is 12.8 Å². The lowest BCUT2D eigenvalue weighted by Gasteiger charge is -2.20. The first-order valence-corrected chi connectivity index (χ1v) is 3.44. The number of methoxy groups -OCH3 is 1. The number of esters is 1. The molecule has 0 radical (unpaired) electrons. The van der Waals surface area contributed by atoms with Crippen LogP contribution in [0.1, 0.15) is 12.8 Å². The Balaban J connectivity index is 2.67. The lowest BCUT2D eigenvalue weighted by atomic mass is 10.2. The van der Waals surface area contributed by atoms with Gasteiger partial charge in [-0.15, -0.1) is 0 Å². The molecule has 0 unspecified atom stereocenters. The van der Waals surface area contributed by atoms with Crippen molar-refractivity contribution in [1.29, 1.82) is 0 Å². The maximum absolute atomic E-state index is 11.1. The minimum Gasteiger partial charge on any atom is -0.467 e. The second kappa shape index (κ2) is 2.53. The maximum Gasteiger partial charge on any atom is 0.331 e. The van der Waals surface area contributed by atoms with Gasteiger partial charge in [0, 0.05) is 7.05 Å². The van der Waals surface area contributed by atoms with E-state index in [-0.39, 0.29) is 5.97 Å². The number of carbonyl (C=O) groups is 2. The molecule has 11 heavy (non-hydrogen) atoms. The van der Waals surface area contributed by atoms with Crippen LogP contribution >= 0.6 is 0 Å². The van der Waals surface area contributed by atoms with E-state index in [9.17, 15) is 9.59 Å². The zero-order valence-corrected chi connectivity index (χ0v) is 6.66. The summed E-state index contributed by atoms with van der Waals surface area (Å²) in [5, 5.41) is 0. The topological polar surface area (TPSA) is 46.6 Å². The van der Waals surface area contributed by atoms with Crippen LogP contribution in [0.15, 0.2) is 0 Å². The highest BCUT2D eigenvalue weighted by Crippen LogP contribution is 2.40. The highest BCUT2D eigenvalue weighted by Gasteiger charge is 2.54. The fourth-order valence-electron chi connectivity index (χ4n) is 1.11. The SMILES string of the molecule is COC(=O)C1(N(C)C=O)CC1. The first kappa shape index (κ1) is 8.04. The summed E-state index contributed by atoms with van der Waals surface area (Å²) in [7, 11) is 2.93. The normalized spacial score (nSPS) is 18.7. The molecule has 1 aliphatic carbocycles. The van der Waals surface area contributed by atoms with Crippen molar-refractivity contribution < 1.29 is 14.3 Å². The summed E-state index contributed by atoms with van der Waals surface area (Å²) >= 11 is 0. The average Bonchev–Trinajstić information content (AvgIpc) is 2.82. The van der Waals surface area contributed by atoms with E-state index in [0.29, 0.717) is 6.41 Å². The number of amides is 1. The van der Waals surface area contributed by atoms with Gasteiger partial charge in [0.15, 0.2) is 0 Å². The average molecular weight is 157 g/mol. The second-order valence-corrected chi connectivity index (χ2v) is 2.74. The summed E-state index contributed by atoms with van der Waals surface area (Å²) in [6.07, 6.45) is 2.09. The summed E-state index contributed by atoms with van der Waals surface area (Å²) in [6, 6.07) is 0. The molecule has 1 saturated carbocycles. The zero-order valence-electron chi connectivity index (χ0n) is 6.66. The molecule has 0 N–H and O–H groups in total. The van der Waals surface area contributed by atoms with Crippen LogP contribution in [0.25, 0.3) is 0 Å². The molecule has 1 rings (SSSR count). The van der Waals surface area contributed by atoms with E-state index in [1.165, 1.54) is 12.0 Å². The third kappa shape index (κ3) is 1.08. The minimum atomic E-state index is -0.628. The van der Waals surface area contributed by atoms with Gasteiger partial charge in [-0.25, -0.2) is 4.79 Å². The van der Waals surface area contributed by atoms with Crippen molar-refractivity contribution in [3.63, 3.8) is 0 Å². The Morgan fingerprint density at radius 1 is 1.64 bits per heavy atom. The number of carbonyl (C=O) groups excluding carboxylic acids is 2. The molecule has 0 aromatic carbocycles. The van der Waals surface area contributed by atoms with Crippen LogP contribution in [0.2, 0.25) is 0 Å². The molecule has 0 aliphatic heterocycles. The maximum atomic E-state index is 11.1. The smallest absolute Gasteiger partial charge is 0.331 e. The van der Waals surface area contributed by atoms with Gasteiger partial charge in [-0.2, -0.15) is 0 Å². The van der Waals surface area contributed by atoms with Crippen LogP contribution < -0.4 is 0 Å². The Labute approximate surface area is 65.1 Å². The van der Waals surface area contributed by atoms with Crippen molar-refractivity contribution in [3.05, 3.63) is 0 Å². The summed E-state index contributed by atoms with van der Waals surface area (Å²) in [5.74, 6) is -0.313. The Morgan fingerprint density at radius 3 is 2.45 bits per heavy atom. The fraction of sp³-hybridized carbons (Fsp3) is 0.714. The van der Waals surface area contributed by atoms with Crippen molar-refractivity contribution >= 4 is 12.4 Å². The van der Waals surface area contributed by atoms with Gasteiger partial charge >= 0.3 is 5.97 Å². The molecule has 1 fully saturated rings. The number of hydrogen-bond acceptors (Lipinski definition) is 3. The minimum absolute atomic E-state index is 0.313. The molecule has 62 valence electrons. The van der Waals surface area contributed by atoms with Gasteiger partial charge in [0.25, 0.3) is 0 Å². The predicted octanol–water partition coefficient (Wildman–Crippen LogP) is -0.220. The van der Waals surface area contributed by atoms with Crippen molar-refractivity contribution in [2.24, 2.45) is 0 Å². The van der Waals surface area contributed by atoms with E-state index in [1.54, 1.807) is 7.05 Å². The molecule has 1 amide bonds. The summed E-state index contributed by atoms with van der Waals surface area (Å²) in [5.41, 5.74) is -0.628. The number of likely N-dealkylation sites (N-methyl/N-ethyl adjacent to an activating group) is 1. The molecule has 0 bridgehead atoms. The standard InChI is InChI=1S/C7H11NO3/c1-8(5-9)7(3-4-7)6(10)11-2/h5H,3-4H2,1-2H3. The first-order valence-electron chi connectivity index (χ1n) is 3.44. The van der Waals surface area contributed by atoms with Crippen LogP contribution in [-0.4, -0.2) is 37.0 Å². The molecule has 0 heterocycles. The van der Waals surface area contributed by atoms with Crippen molar-refractivity contribution in [1.82, 2.24) is 4.90 Å². The van der Waals surface area contributed by atoms with Gasteiger partial charge in [0.05, 0.1) is 7.11 Å². The number of rotatable bonds is 3. The third-order valence-electron chi connectivity index (χ3n) is 2.12.